The third-order valence-corrected chi connectivity index (χ3v) is 5.45. The normalized spacial score (nSPS) is 16.3. The van der Waals surface area contributed by atoms with Gasteiger partial charge in [-0.25, -0.2) is 4.98 Å². The Morgan fingerprint density at radius 3 is 2.68 bits per heavy atom. The standard InChI is InChI=1S/C24H25N3O4/c1-26(11-13-28)24(30)19-15-21(25-20-10-6-5-9-18(19)20)22-16-27(12-14-31-22)23(29)17-7-3-2-4-8-17/h2-10,15,22,28H,11-14,16H2,1H3. The number of pyridine rings is 1. The number of ether oxygens (including phenoxy) is 1. The van der Waals surface area contributed by atoms with E-state index in [0.29, 0.717) is 42.0 Å². The van der Waals surface area contributed by atoms with E-state index in [2.05, 4.69) is 0 Å². The fraction of sp³-hybridized carbons (Fsp3) is 0.292. The number of amides is 2. The molecule has 0 aliphatic carbocycles. The van der Waals surface area contributed by atoms with Crippen LogP contribution in [0.3, 0.4) is 0 Å². The number of benzene rings is 2. The largest absolute Gasteiger partial charge is 0.395 e. The number of carbonyl (C=O) groups is 2. The molecule has 7 nitrogen and oxygen atoms in total. The van der Waals surface area contributed by atoms with E-state index >= 15 is 0 Å². The van der Waals surface area contributed by atoms with Crippen LogP contribution in [0.5, 0.6) is 0 Å². The lowest BCUT2D eigenvalue weighted by molar-refractivity contribution is -0.0246. The Labute approximate surface area is 180 Å². The van der Waals surface area contributed by atoms with Gasteiger partial charge in [0.2, 0.25) is 0 Å². The first-order chi connectivity index (χ1) is 15.1. The smallest absolute Gasteiger partial charge is 0.254 e. The maximum absolute atomic E-state index is 13.0. The molecule has 0 bridgehead atoms. The molecule has 3 aromatic rings. The number of carbonyl (C=O) groups excluding carboxylic acids is 2. The van der Waals surface area contributed by atoms with Crippen LogP contribution in [0.15, 0.2) is 60.7 Å². The van der Waals surface area contributed by atoms with Gasteiger partial charge in [0.05, 0.1) is 36.5 Å². The third kappa shape index (κ3) is 4.42. The first-order valence-electron chi connectivity index (χ1n) is 10.3. The minimum atomic E-state index is -0.430. The van der Waals surface area contributed by atoms with Crippen LogP contribution in [0.4, 0.5) is 0 Å². The Morgan fingerprint density at radius 1 is 1.16 bits per heavy atom. The van der Waals surface area contributed by atoms with Crippen LogP contribution in [0.25, 0.3) is 10.9 Å². The van der Waals surface area contributed by atoms with Crippen molar-refractivity contribution in [3.8, 4) is 0 Å². The Hall–Kier alpha value is -3.29. The number of hydrogen-bond acceptors (Lipinski definition) is 5. The molecule has 2 amide bonds. The van der Waals surface area contributed by atoms with Gasteiger partial charge in [-0.15, -0.1) is 0 Å². The summed E-state index contributed by atoms with van der Waals surface area (Å²) in [5, 5.41) is 9.96. The highest BCUT2D eigenvalue weighted by molar-refractivity contribution is 6.06. The Kier molecular flexibility index (Phi) is 6.25. The lowest BCUT2D eigenvalue weighted by atomic mass is 10.0. The summed E-state index contributed by atoms with van der Waals surface area (Å²) < 4.78 is 5.95. The van der Waals surface area contributed by atoms with Crippen molar-refractivity contribution in [3.05, 3.63) is 77.5 Å². The first kappa shape index (κ1) is 21.0. The molecule has 0 saturated carbocycles. The van der Waals surface area contributed by atoms with Gasteiger partial charge >= 0.3 is 0 Å². The Morgan fingerprint density at radius 2 is 1.90 bits per heavy atom. The van der Waals surface area contributed by atoms with Gasteiger partial charge in [-0.3, -0.25) is 9.59 Å². The van der Waals surface area contributed by atoms with Gasteiger partial charge in [0.1, 0.15) is 6.10 Å². The van der Waals surface area contributed by atoms with Gasteiger partial charge in [-0.1, -0.05) is 36.4 Å². The van der Waals surface area contributed by atoms with Crippen molar-refractivity contribution in [1.29, 1.82) is 0 Å². The van der Waals surface area contributed by atoms with E-state index in [4.69, 9.17) is 9.72 Å². The summed E-state index contributed by atoms with van der Waals surface area (Å²) in [6.07, 6.45) is -0.430. The van der Waals surface area contributed by atoms with E-state index in [1.54, 1.807) is 30.1 Å². The van der Waals surface area contributed by atoms with Crippen molar-refractivity contribution in [2.75, 3.05) is 39.9 Å². The van der Waals surface area contributed by atoms with Crippen molar-refractivity contribution in [2.24, 2.45) is 0 Å². The van der Waals surface area contributed by atoms with Crippen LogP contribution in [0, 0.1) is 0 Å². The predicted octanol–water partition coefficient (Wildman–Crippen LogP) is 2.51. The molecule has 1 saturated heterocycles. The zero-order valence-electron chi connectivity index (χ0n) is 17.4. The maximum Gasteiger partial charge on any atom is 0.254 e. The van der Waals surface area contributed by atoms with Gasteiger partial charge in [0.15, 0.2) is 0 Å². The summed E-state index contributed by atoms with van der Waals surface area (Å²) >= 11 is 0. The van der Waals surface area contributed by atoms with E-state index in [1.165, 1.54) is 4.90 Å². The molecular weight excluding hydrogens is 394 g/mol. The molecule has 1 fully saturated rings. The van der Waals surface area contributed by atoms with Crippen molar-refractivity contribution < 1.29 is 19.4 Å². The van der Waals surface area contributed by atoms with Gasteiger partial charge in [-0.2, -0.15) is 0 Å². The van der Waals surface area contributed by atoms with Crippen molar-refractivity contribution in [1.82, 2.24) is 14.8 Å². The van der Waals surface area contributed by atoms with Crippen LogP contribution in [-0.2, 0) is 4.74 Å². The molecule has 2 aromatic carbocycles. The van der Waals surface area contributed by atoms with E-state index in [-0.39, 0.29) is 25.0 Å². The van der Waals surface area contributed by atoms with Crippen LogP contribution < -0.4 is 0 Å². The Balaban J connectivity index is 1.66. The van der Waals surface area contributed by atoms with Crippen LogP contribution >= 0.6 is 0 Å². The number of aromatic nitrogens is 1. The maximum atomic E-state index is 13.0. The second kappa shape index (κ2) is 9.24. The number of nitrogens with zero attached hydrogens (tertiary/aromatic N) is 3. The Bertz CT molecular complexity index is 1090. The number of hydrogen-bond donors (Lipinski definition) is 1. The molecule has 1 atom stereocenters. The zero-order valence-corrected chi connectivity index (χ0v) is 17.4. The molecular formula is C24H25N3O4. The average molecular weight is 419 g/mol. The van der Waals surface area contributed by atoms with Crippen molar-refractivity contribution in [2.45, 2.75) is 6.10 Å². The number of rotatable bonds is 5. The molecule has 1 N–H and O–H groups in total. The van der Waals surface area contributed by atoms with E-state index in [9.17, 15) is 14.7 Å². The zero-order chi connectivity index (χ0) is 21.8. The lowest BCUT2D eigenvalue weighted by Gasteiger charge is -2.33. The molecule has 160 valence electrons. The van der Waals surface area contributed by atoms with Gasteiger partial charge < -0.3 is 19.6 Å². The number of aliphatic hydroxyl groups is 1. The number of aliphatic hydroxyl groups excluding tert-OH is 1. The molecule has 1 unspecified atom stereocenters. The van der Waals surface area contributed by atoms with Gasteiger partial charge in [-0.05, 0) is 24.3 Å². The summed E-state index contributed by atoms with van der Waals surface area (Å²) in [7, 11) is 1.66. The minimum absolute atomic E-state index is 0.0475. The summed E-state index contributed by atoms with van der Waals surface area (Å²) in [4.78, 5) is 33.9. The lowest BCUT2D eigenvalue weighted by Crippen LogP contribution is -2.42. The fourth-order valence-electron chi connectivity index (χ4n) is 3.77. The number of fused-ring (bicyclic) bond motifs is 1. The number of morpholine rings is 1. The number of para-hydroxylation sites is 1. The molecule has 1 aliphatic rings. The van der Waals surface area contributed by atoms with E-state index < -0.39 is 6.10 Å². The summed E-state index contributed by atoms with van der Waals surface area (Å²) in [5.74, 6) is -0.240. The SMILES string of the molecule is CN(CCO)C(=O)c1cc(C2CN(C(=O)c3ccccc3)CCO2)nc2ccccc12. The molecule has 1 aromatic heterocycles. The highest BCUT2D eigenvalue weighted by atomic mass is 16.5. The van der Waals surface area contributed by atoms with E-state index in [0.717, 1.165) is 5.39 Å². The second-order valence-corrected chi connectivity index (χ2v) is 7.54. The highest BCUT2D eigenvalue weighted by Crippen LogP contribution is 2.27. The third-order valence-electron chi connectivity index (χ3n) is 5.45. The van der Waals surface area contributed by atoms with Crippen LogP contribution in [0.1, 0.15) is 32.5 Å². The first-order valence-corrected chi connectivity index (χ1v) is 10.3. The topological polar surface area (TPSA) is 83.0 Å². The molecule has 7 heteroatoms. The van der Waals surface area contributed by atoms with Crippen LogP contribution in [0.2, 0.25) is 0 Å². The molecule has 4 rings (SSSR count). The monoisotopic (exact) mass is 419 g/mol. The molecule has 31 heavy (non-hydrogen) atoms. The quantitative estimate of drug-likeness (QED) is 0.687. The number of likely N-dealkylation sites (N-methyl/N-ethyl adjacent to an activating group) is 1. The highest BCUT2D eigenvalue weighted by Gasteiger charge is 2.28. The minimum Gasteiger partial charge on any atom is -0.395 e. The predicted molar refractivity (Wildman–Crippen MR) is 117 cm³/mol. The summed E-state index contributed by atoms with van der Waals surface area (Å²) in [5.41, 5.74) is 2.45. The average Bonchev–Trinajstić information content (AvgIpc) is 2.83. The van der Waals surface area contributed by atoms with Crippen molar-refractivity contribution >= 4 is 22.7 Å². The summed E-state index contributed by atoms with van der Waals surface area (Å²) in [6.45, 7) is 1.39. The van der Waals surface area contributed by atoms with Crippen molar-refractivity contribution in [3.63, 3.8) is 0 Å². The fourth-order valence-corrected chi connectivity index (χ4v) is 3.77. The van der Waals surface area contributed by atoms with E-state index in [1.807, 2.05) is 42.5 Å². The second-order valence-electron chi connectivity index (χ2n) is 7.54. The van der Waals surface area contributed by atoms with Gasteiger partial charge in [0.25, 0.3) is 11.8 Å². The molecule has 1 aliphatic heterocycles. The van der Waals surface area contributed by atoms with Crippen LogP contribution in [-0.4, -0.2) is 71.6 Å². The molecule has 0 spiro atoms. The summed E-state index contributed by atoms with van der Waals surface area (Å²) in [6, 6.07) is 18.4. The molecule has 2 heterocycles. The molecule has 0 radical (unpaired) electrons. The van der Waals surface area contributed by atoms with Gasteiger partial charge in [0, 0.05) is 31.1 Å².